The Bertz CT molecular complexity index is 962. The molecule has 3 rings (SSSR count). The van der Waals surface area contributed by atoms with Crippen molar-refractivity contribution in [3.63, 3.8) is 0 Å². The quantitative estimate of drug-likeness (QED) is 0.839. The molecule has 1 unspecified atom stereocenters. The molecule has 1 fully saturated rings. The molecule has 6 nitrogen and oxygen atoms in total. The van der Waals surface area contributed by atoms with Gasteiger partial charge in [-0.15, -0.1) is 0 Å². The Morgan fingerprint density at radius 2 is 2.00 bits per heavy atom. The van der Waals surface area contributed by atoms with E-state index in [1.807, 2.05) is 6.92 Å². The average molecular weight is 391 g/mol. The number of anilines is 1. The highest BCUT2D eigenvalue weighted by Gasteiger charge is 2.25. The fourth-order valence-electron chi connectivity index (χ4n) is 3.03. The zero-order valence-corrected chi connectivity index (χ0v) is 16.0. The molecule has 2 aromatic carbocycles. The maximum absolute atomic E-state index is 13.8. The third kappa shape index (κ3) is 4.28. The summed E-state index contributed by atoms with van der Waals surface area (Å²) < 4.78 is 41.3. The molecule has 0 aliphatic carbocycles. The molecule has 0 aromatic heterocycles. The molecular weight excluding hydrogens is 369 g/mol. The van der Waals surface area contributed by atoms with Crippen molar-refractivity contribution >= 4 is 21.6 Å². The van der Waals surface area contributed by atoms with Gasteiger partial charge in [0.25, 0.3) is 15.9 Å². The molecule has 2 N–H and O–H groups in total. The summed E-state index contributed by atoms with van der Waals surface area (Å²) in [6, 6.07) is 10.1. The van der Waals surface area contributed by atoms with Crippen LogP contribution in [0.1, 0.15) is 22.8 Å². The molecule has 1 heterocycles. The van der Waals surface area contributed by atoms with Crippen molar-refractivity contribution in [3.8, 4) is 0 Å². The average Bonchev–Trinajstić information content (AvgIpc) is 2.63. The SMILES string of the molecule is Cc1ccc(S(=O)(=O)Nc2ccccc2F)cc1C(=O)N1CCNC(C)C1. The number of rotatable bonds is 4. The lowest BCUT2D eigenvalue weighted by Crippen LogP contribution is -2.51. The Morgan fingerprint density at radius 1 is 1.26 bits per heavy atom. The number of piperazine rings is 1. The summed E-state index contributed by atoms with van der Waals surface area (Å²) in [5, 5.41) is 3.27. The lowest BCUT2D eigenvalue weighted by molar-refractivity contribution is 0.0708. The third-order valence-electron chi connectivity index (χ3n) is 4.52. The van der Waals surface area contributed by atoms with Gasteiger partial charge in [0.15, 0.2) is 0 Å². The van der Waals surface area contributed by atoms with Gasteiger partial charge in [-0.05, 0) is 43.7 Å². The molecule has 1 saturated heterocycles. The Morgan fingerprint density at radius 3 is 2.70 bits per heavy atom. The van der Waals surface area contributed by atoms with Gasteiger partial charge in [-0.2, -0.15) is 0 Å². The smallest absolute Gasteiger partial charge is 0.262 e. The van der Waals surface area contributed by atoms with Gasteiger partial charge in [-0.3, -0.25) is 9.52 Å². The molecule has 1 aliphatic heterocycles. The van der Waals surface area contributed by atoms with Crippen LogP contribution in [0.5, 0.6) is 0 Å². The van der Waals surface area contributed by atoms with Crippen LogP contribution < -0.4 is 10.0 Å². The second-order valence-corrected chi connectivity index (χ2v) is 8.35. The normalized spacial score (nSPS) is 17.6. The van der Waals surface area contributed by atoms with Gasteiger partial charge in [0.2, 0.25) is 0 Å². The lowest BCUT2D eigenvalue weighted by atomic mass is 10.1. The zero-order valence-electron chi connectivity index (χ0n) is 15.2. The number of hydrogen-bond donors (Lipinski definition) is 2. The molecule has 0 radical (unpaired) electrons. The molecule has 144 valence electrons. The van der Waals surface area contributed by atoms with E-state index in [2.05, 4.69) is 10.0 Å². The van der Waals surface area contributed by atoms with Crippen LogP contribution in [0.4, 0.5) is 10.1 Å². The Labute approximate surface area is 158 Å². The van der Waals surface area contributed by atoms with E-state index in [1.165, 1.54) is 36.4 Å². The summed E-state index contributed by atoms with van der Waals surface area (Å²) >= 11 is 0. The van der Waals surface area contributed by atoms with E-state index in [1.54, 1.807) is 17.9 Å². The summed E-state index contributed by atoms with van der Waals surface area (Å²) in [5.41, 5.74) is 0.887. The second-order valence-electron chi connectivity index (χ2n) is 6.67. The minimum Gasteiger partial charge on any atom is -0.336 e. The van der Waals surface area contributed by atoms with Gasteiger partial charge < -0.3 is 10.2 Å². The summed E-state index contributed by atoms with van der Waals surface area (Å²) in [6.07, 6.45) is 0. The molecule has 1 atom stereocenters. The number of carbonyl (C=O) groups excluding carboxylic acids is 1. The summed E-state index contributed by atoms with van der Waals surface area (Å²) in [5.74, 6) is -0.872. The van der Waals surface area contributed by atoms with Crippen molar-refractivity contribution in [3.05, 3.63) is 59.4 Å². The van der Waals surface area contributed by atoms with Gasteiger partial charge in [0, 0.05) is 31.2 Å². The Hall–Kier alpha value is -2.45. The predicted octanol–water partition coefficient (Wildman–Crippen LogP) is 2.37. The van der Waals surface area contributed by atoms with E-state index < -0.39 is 15.8 Å². The number of nitrogens with zero attached hydrogens (tertiary/aromatic N) is 1. The highest BCUT2D eigenvalue weighted by atomic mass is 32.2. The first-order chi connectivity index (χ1) is 12.8. The van der Waals surface area contributed by atoms with E-state index >= 15 is 0 Å². The number of aryl methyl sites for hydroxylation is 1. The van der Waals surface area contributed by atoms with Crippen molar-refractivity contribution in [2.75, 3.05) is 24.4 Å². The molecule has 2 aromatic rings. The standard InChI is InChI=1S/C19H22FN3O3S/c1-13-7-8-15(27(25,26)22-18-6-4-3-5-17(18)20)11-16(13)19(24)23-10-9-21-14(2)12-23/h3-8,11,14,21-22H,9-10,12H2,1-2H3. The molecule has 1 amide bonds. The number of halogens is 1. The fourth-order valence-corrected chi connectivity index (χ4v) is 4.13. The van der Waals surface area contributed by atoms with Gasteiger partial charge >= 0.3 is 0 Å². The van der Waals surface area contributed by atoms with E-state index in [9.17, 15) is 17.6 Å². The maximum Gasteiger partial charge on any atom is 0.262 e. The molecule has 27 heavy (non-hydrogen) atoms. The van der Waals surface area contributed by atoms with Gasteiger partial charge in [-0.25, -0.2) is 12.8 Å². The molecule has 0 bridgehead atoms. The highest BCUT2D eigenvalue weighted by Crippen LogP contribution is 2.22. The van der Waals surface area contributed by atoms with Crippen LogP contribution in [0.3, 0.4) is 0 Å². The van der Waals surface area contributed by atoms with Crippen molar-refractivity contribution in [1.29, 1.82) is 0 Å². The van der Waals surface area contributed by atoms with Gasteiger partial charge in [0.1, 0.15) is 5.82 Å². The number of amides is 1. The first-order valence-electron chi connectivity index (χ1n) is 8.68. The van der Waals surface area contributed by atoms with Crippen LogP contribution >= 0.6 is 0 Å². The predicted molar refractivity (Wildman–Crippen MR) is 102 cm³/mol. The number of nitrogens with one attached hydrogen (secondary N) is 2. The minimum atomic E-state index is -4.02. The van der Waals surface area contributed by atoms with Crippen molar-refractivity contribution in [2.45, 2.75) is 24.8 Å². The van der Waals surface area contributed by atoms with E-state index in [0.29, 0.717) is 30.8 Å². The van der Waals surface area contributed by atoms with E-state index in [-0.39, 0.29) is 22.5 Å². The minimum absolute atomic E-state index is 0.0807. The van der Waals surface area contributed by atoms with Crippen molar-refractivity contribution in [1.82, 2.24) is 10.2 Å². The molecule has 1 aliphatic rings. The molecule has 0 saturated carbocycles. The Kier molecular flexibility index (Phi) is 5.48. The first-order valence-corrected chi connectivity index (χ1v) is 10.2. The largest absolute Gasteiger partial charge is 0.336 e. The van der Waals surface area contributed by atoms with E-state index in [0.717, 1.165) is 0 Å². The number of carbonyl (C=O) groups is 1. The summed E-state index contributed by atoms with van der Waals surface area (Å²) in [7, 11) is -4.02. The number of para-hydroxylation sites is 1. The van der Waals surface area contributed by atoms with Crippen LogP contribution in [0.2, 0.25) is 0 Å². The maximum atomic E-state index is 13.8. The van der Waals surface area contributed by atoms with Gasteiger partial charge in [0.05, 0.1) is 10.6 Å². The molecule has 0 spiro atoms. The topological polar surface area (TPSA) is 78.5 Å². The summed E-state index contributed by atoms with van der Waals surface area (Å²) in [6.45, 7) is 5.57. The van der Waals surface area contributed by atoms with Crippen LogP contribution in [-0.4, -0.2) is 44.9 Å². The Balaban J connectivity index is 1.90. The second kappa shape index (κ2) is 7.66. The number of benzene rings is 2. The lowest BCUT2D eigenvalue weighted by Gasteiger charge is -2.32. The summed E-state index contributed by atoms with van der Waals surface area (Å²) in [4.78, 5) is 14.5. The number of hydrogen-bond acceptors (Lipinski definition) is 4. The van der Waals surface area contributed by atoms with E-state index in [4.69, 9.17) is 0 Å². The fraction of sp³-hybridized carbons (Fsp3) is 0.316. The van der Waals surface area contributed by atoms with Crippen LogP contribution in [0.25, 0.3) is 0 Å². The van der Waals surface area contributed by atoms with Crippen LogP contribution in [-0.2, 0) is 10.0 Å². The zero-order chi connectivity index (χ0) is 19.6. The molecule has 8 heteroatoms. The number of sulfonamides is 1. The monoisotopic (exact) mass is 391 g/mol. The van der Waals surface area contributed by atoms with Gasteiger partial charge in [-0.1, -0.05) is 18.2 Å². The van der Waals surface area contributed by atoms with Crippen LogP contribution in [0.15, 0.2) is 47.4 Å². The van der Waals surface area contributed by atoms with Crippen LogP contribution in [0, 0.1) is 12.7 Å². The third-order valence-corrected chi connectivity index (χ3v) is 5.89. The molecular formula is C19H22FN3O3S. The highest BCUT2D eigenvalue weighted by molar-refractivity contribution is 7.92. The first kappa shape index (κ1) is 19.3. The van der Waals surface area contributed by atoms with Crippen molar-refractivity contribution in [2.24, 2.45) is 0 Å². The van der Waals surface area contributed by atoms with Crippen molar-refractivity contribution < 1.29 is 17.6 Å².